The molecule has 260 valence electrons. The summed E-state index contributed by atoms with van der Waals surface area (Å²) in [5.41, 5.74) is 11.5. The van der Waals surface area contributed by atoms with Gasteiger partial charge in [-0.1, -0.05) is 193 Å². The van der Waals surface area contributed by atoms with Gasteiger partial charge in [-0.3, -0.25) is 9.59 Å². The smallest absolute Gasteiger partial charge is 0.221 e. The Balaban J connectivity index is 3.79. The lowest BCUT2D eigenvalue weighted by Crippen LogP contribution is -2.37. The lowest BCUT2D eigenvalue weighted by atomic mass is 9.83. The molecule has 0 fully saturated rings. The highest BCUT2D eigenvalue weighted by atomic mass is 16.2. The summed E-state index contributed by atoms with van der Waals surface area (Å²) in [5, 5.41) is 0. The van der Waals surface area contributed by atoms with Crippen LogP contribution in [0.25, 0.3) is 0 Å². The van der Waals surface area contributed by atoms with Crippen molar-refractivity contribution < 1.29 is 9.59 Å². The molecule has 0 rings (SSSR count). The Labute approximate surface area is 275 Å². The number of hydrogen-bond donors (Lipinski definition) is 2. The number of carbonyl (C=O) groups excluding carboxylic acids is 2. The number of hydrogen-bond acceptors (Lipinski definition) is 2. The molecule has 4 N–H and O–H groups in total. The van der Waals surface area contributed by atoms with Crippen molar-refractivity contribution in [2.24, 2.45) is 23.3 Å². The van der Waals surface area contributed by atoms with Crippen LogP contribution in [-0.2, 0) is 9.59 Å². The predicted molar refractivity (Wildman–Crippen MR) is 194 cm³/mol. The first-order valence-corrected chi connectivity index (χ1v) is 19.8. The normalized spacial score (nSPS) is 13.0. The molecule has 0 radical (unpaired) electrons. The minimum atomic E-state index is -0.407. The second kappa shape index (κ2) is 34.6. The average Bonchev–Trinajstić information content (AvgIpc) is 3.00. The zero-order chi connectivity index (χ0) is 32.4. The van der Waals surface area contributed by atoms with Gasteiger partial charge in [0.15, 0.2) is 0 Å². The molecule has 4 heteroatoms. The zero-order valence-corrected chi connectivity index (χ0v) is 29.9. The van der Waals surface area contributed by atoms with E-state index in [9.17, 15) is 9.59 Å². The van der Waals surface area contributed by atoms with Crippen LogP contribution in [0.5, 0.6) is 0 Å². The summed E-state index contributed by atoms with van der Waals surface area (Å²) in [6.07, 6.45) is 45.1. The van der Waals surface area contributed by atoms with Gasteiger partial charge in [0.25, 0.3) is 0 Å². The maximum atomic E-state index is 12.2. The van der Waals surface area contributed by atoms with Crippen molar-refractivity contribution in [1.82, 2.24) is 0 Å². The summed E-state index contributed by atoms with van der Waals surface area (Å²) in [4.78, 5) is 24.4. The van der Waals surface area contributed by atoms with E-state index in [-0.39, 0.29) is 11.8 Å². The summed E-state index contributed by atoms with van der Waals surface area (Å²) in [6.45, 7) is 4.55. The Kier molecular flexibility index (Phi) is 33.5. The second-order valence-corrected chi connectivity index (χ2v) is 13.8. The molecular weight excluding hydrogens is 540 g/mol. The van der Waals surface area contributed by atoms with Crippen LogP contribution >= 0.6 is 0 Å². The number of unbranched alkanes of at least 4 members (excludes halogenated alkanes) is 27. The Morgan fingerprint density at radius 3 is 0.864 bits per heavy atom. The Bertz CT molecular complexity index is 647. The van der Waals surface area contributed by atoms with Crippen molar-refractivity contribution in [2.75, 3.05) is 0 Å². The Morgan fingerprint density at radius 1 is 0.386 bits per heavy atom. The molecule has 2 atom stereocenters. The van der Waals surface area contributed by atoms with Gasteiger partial charge in [0, 0.05) is 11.8 Å². The van der Waals surface area contributed by atoms with Gasteiger partial charge in [0.1, 0.15) is 0 Å². The summed E-state index contributed by atoms with van der Waals surface area (Å²) < 4.78 is 0. The zero-order valence-electron chi connectivity index (χ0n) is 29.9. The van der Waals surface area contributed by atoms with Crippen molar-refractivity contribution in [3.8, 4) is 0 Å². The minimum Gasteiger partial charge on any atom is -0.369 e. The molecule has 4 nitrogen and oxygen atoms in total. The number of primary amides is 2. The molecule has 0 aromatic rings. The van der Waals surface area contributed by atoms with E-state index in [2.05, 4.69) is 26.0 Å². The lowest BCUT2D eigenvalue weighted by molar-refractivity contribution is -0.132. The van der Waals surface area contributed by atoms with Gasteiger partial charge in [-0.05, 0) is 38.5 Å². The van der Waals surface area contributed by atoms with Gasteiger partial charge >= 0.3 is 0 Å². The van der Waals surface area contributed by atoms with E-state index in [0.29, 0.717) is 12.8 Å². The molecule has 0 spiro atoms. The van der Waals surface area contributed by atoms with E-state index in [1.807, 2.05) is 0 Å². The quantitative estimate of drug-likeness (QED) is 0.0540. The molecule has 0 saturated heterocycles. The van der Waals surface area contributed by atoms with Crippen LogP contribution in [0.3, 0.4) is 0 Å². The first-order chi connectivity index (χ1) is 21.5. The third-order valence-corrected chi connectivity index (χ3v) is 9.61. The maximum Gasteiger partial charge on any atom is 0.221 e. The lowest BCUT2D eigenvalue weighted by Gasteiger charge is -2.22. The molecule has 2 unspecified atom stereocenters. The third kappa shape index (κ3) is 29.4. The highest BCUT2D eigenvalue weighted by Crippen LogP contribution is 2.25. The van der Waals surface area contributed by atoms with Crippen LogP contribution < -0.4 is 11.5 Å². The topological polar surface area (TPSA) is 86.2 Å². The van der Waals surface area contributed by atoms with Crippen LogP contribution in [0.1, 0.15) is 219 Å². The van der Waals surface area contributed by atoms with Gasteiger partial charge in [-0.15, -0.1) is 0 Å². The number of carbonyl (C=O) groups is 2. The van der Waals surface area contributed by atoms with E-state index in [4.69, 9.17) is 11.5 Å². The van der Waals surface area contributed by atoms with Crippen molar-refractivity contribution in [1.29, 1.82) is 0 Å². The van der Waals surface area contributed by atoms with Crippen molar-refractivity contribution in [3.63, 3.8) is 0 Å². The van der Waals surface area contributed by atoms with Gasteiger partial charge < -0.3 is 11.5 Å². The second-order valence-electron chi connectivity index (χ2n) is 13.8. The summed E-state index contributed by atoms with van der Waals surface area (Å²) >= 11 is 0. The number of allylic oxidation sites excluding steroid dienone is 2. The van der Waals surface area contributed by atoms with Crippen LogP contribution in [0.2, 0.25) is 0 Å². The number of rotatable bonds is 36. The molecule has 0 saturated carbocycles. The fourth-order valence-electron chi connectivity index (χ4n) is 6.61. The van der Waals surface area contributed by atoms with E-state index in [1.165, 1.54) is 154 Å². The van der Waals surface area contributed by atoms with Crippen LogP contribution in [0, 0.1) is 11.8 Å². The van der Waals surface area contributed by atoms with Crippen molar-refractivity contribution in [3.05, 3.63) is 12.2 Å². The van der Waals surface area contributed by atoms with Gasteiger partial charge in [-0.25, -0.2) is 0 Å². The monoisotopic (exact) mass is 619 g/mol. The molecule has 44 heavy (non-hydrogen) atoms. The van der Waals surface area contributed by atoms with E-state index in [0.717, 1.165) is 38.5 Å². The number of nitrogens with two attached hydrogens (primary N) is 2. The molecule has 0 aliphatic heterocycles. The summed E-state index contributed by atoms with van der Waals surface area (Å²) in [5.74, 6) is -1.51. The summed E-state index contributed by atoms with van der Waals surface area (Å²) in [6, 6.07) is 0. The first-order valence-electron chi connectivity index (χ1n) is 19.8. The van der Waals surface area contributed by atoms with Crippen LogP contribution in [0.4, 0.5) is 0 Å². The van der Waals surface area contributed by atoms with Crippen LogP contribution in [0.15, 0.2) is 12.2 Å². The summed E-state index contributed by atoms with van der Waals surface area (Å²) in [7, 11) is 0. The first kappa shape index (κ1) is 42.7. The molecule has 0 aromatic carbocycles. The van der Waals surface area contributed by atoms with Crippen molar-refractivity contribution in [2.45, 2.75) is 219 Å². The van der Waals surface area contributed by atoms with Gasteiger partial charge in [0.2, 0.25) is 11.8 Å². The standard InChI is InChI=1S/C40H78N2O2/c1-3-5-7-9-11-13-15-17-19-20-21-22-24-26-28-30-32-34-36-38(40(42)44)37(39(41)43)35-33-31-29-27-25-23-18-16-14-12-10-8-6-4-2/h18,23,37-38H,3-17,19-22,24-36H2,1-2H3,(H2,41,43)(H2,42,44)/b23-18-. The molecule has 0 bridgehead atoms. The van der Waals surface area contributed by atoms with E-state index in [1.54, 1.807) is 0 Å². The largest absolute Gasteiger partial charge is 0.369 e. The fraction of sp³-hybridized carbons (Fsp3) is 0.900. The maximum absolute atomic E-state index is 12.2. The number of amides is 2. The third-order valence-electron chi connectivity index (χ3n) is 9.61. The fourth-order valence-corrected chi connectivity index (χ4v) is 6.61. The SMILES string of the molecule is CCCCCCCC/C=C\CCCCCCC(C(N)=O)C(CCCCCCCCCCCCCCCCCCCC)C(N)=O. The Morgan fingerprint density at radius 2 is 0.614 bits per heavy atom. The highest BCUT2D eigenvalue weighted by Gasteiger charge is 2.30. The molecule has 0 aliphatic carbocycles. The van der Waals surface area contributed by atoms with Crippen LogP contribution in [-0.4, -0.2) is 11.8 Å². The average molecular weight is 619 g/mol. The van der Waals surface area contributed by atoms with E-state index >= 15 is 0 Å². The molecule has 0 aromatic heterocycles. The van der Waals surface area contributed by atoms with Gasteiger partial charge in [0.05, 0.1) is 0 Å². The van der Waals surface area contributed by atoms with Crippen molar-refractivity contribution >= 4 is 11.8 Å². The van der Waals surface area contributed by atoms with E-state index < -0.39 is 11.8 Å². The molecule has 0 heterocycles. The molecule has 0 aliphatic rings. The highest BCUT2D eigenvalue weighted by molar-refractivity contribution is 5.85. The van der Waals surface area contributed by atoms with Gasteiger partial charge in [-0.2, -0.15) is 0 Å². The minimum absolute atomic E-state index is 0.351. The molecule has 2 amide bonds. The molecular formula is C40H78N2O2. The predicted octanol–water partition coefficient (Wildman–Crippen LogP) is 12.3. The Hall–Kier alpha value is -1.32.